The molecule has 152 valence electrons. The van der Waals surface area contributed by atoms with Crippen LogP contribution in [0.25, 0.3) is 0 Å². The third-order valence-corrected chi connectivity index (χ3v) is 4.42. The first kappa shape index (κ1) is 20.4. The minimum absolute atomic E-state index is 0.0594. The minimum Gasteiger partial charge on any atom is -0.494 e. The van der Waals surface area contributed by atoms with Gasteiger partial charge >= 0.3 is 0 Å². The van der Waals surface area contributed by atoms with Crippen molar-refractivity contribution in [2.75, 3.05) is 17.2 Å². The van der Waals surface area contributed by atoms with Gasteiger partial charge in [0, 0.05) is 24.1 Å². The number of carbonyl (C=O) groups is 3. The lowest BCUT2D eigenvalue weighted by Gasteiger charge is -2.23. The molecular formula is C22H24N2O5. The molecule has 7 heteroatoms. The second-order valence-electron chi connectivity index (χ2n) is 6.80. The fraction of sp³-hybridized carbons (Fsp3) is 0.318. The summed E-state index contributed by atoms with van der Waals surface area (Å²) in [5, 5.41) is 5.47. The van der Waals surface area contributed by atoms with E-state index in [9.17, 15) is 14.4 Å². The predicted molar refractivity (Wildman–Crippen MR) is 110 cm³/mol. The van der Waals surface area contributed by atoms with Gasteiger partial charge in [-0.1, -0.05) is 6.92 Å². The lowest BCUT2D eigenvalue weighted by atomic mass is 10.1. The molecule has 0 aromatic heterocycles. The van der Waals surface area contributed by atoms with Gasteiger partial charge in [0.05, 0.1) is 12.3 Å². The maximum atomic E-state index is 12.3. The predicted octanol–water partition coefficient (Wildman–Crippen LogP) is 3.80. The molecule has 1 aliphatic rings. The number of fused-ring (bicyclic) bond motifs is 1. The maximum Gasteiger partial charge on any atom is 0.265 e. The Bertz CT molecular complexity index is 908. The van der Waals surface area contributed by atoms with Gasteiger partial charge in [-0.05, 0) is 55.8 Å². The van der Waals surface area contributed by atoms with Crippen LogP contribution >= 0.6 is 0 Å². The average Bonchev–Trinajstić information content (AvgIpc) is 2.72. The van der Waals surface area contributed by atoms with Gasteiger partial charge in [-0.3, -0.25) is 14.4 Å². The van der Waals surface area contributed by atoms with E-state index >= 15 is 0 Å². The van der Waals surface area contributed by atoms with Gasteiger partial charge in [-0.25, -0.2) is 0 Å². The summed E-state index contributed by atoms with van der Waals surface area (Å²) >= 11 is 0. The lowest BCUT2D eigenvalue weighted by molar-refractivity contribution is -0.122. The summed E-state index contributed by atoms with van der Waals surface area (Å²) in [5.74, 6) is 0.647. The van der Waals surface area contributed by atoms with E-state index in [1.807, 2.05) is 6.92 Å². The molecule has 0 saturated carbocycles. The van der Waals surface area contributed by atoms with Crippen molar-refractivity contribution in [3.63, 3.8) is 0 Å². The van der Waals surface area contributed by atoms with Crippen molar-refractivity contribution in [2.24, 2.45) is 0 Å². The number of ketones is 1. The molecule has 2 aromatic carbocycles. The second kappa shape index (κ2) is 9.23. The Morgan fingerprint density at radius 1 is 1.14 bits per heavy atom. The average molecular weight is 396 g/mol. The van der Waals surface area contributed by atoms with E-state index in [-0.39, 0.29) is 30.4 Å². The molecule has 0 spiro atoms. The number of hydrogen-bond acceptors (Lipinski definition) is 5. The molecule has 0 aliphatic carbocycles. The smallest absolute Gasteiger partial charge is 0.265 e. The Labute approximate surface area is 169 Å². The van der Waals surface area contributed by atoms with E-state index in [4.69, 9.17) is 9.47 Å². The van der Waals surface area contributed by atoms with Crippen LogP contribution in [0.5, 0.6) is 11.5 Å². The van der Waals surface area contributed by atoms with Crippen molar-refractivity contribution in [3.8, 4) is 11.5 Å². The van der Waals surface area contributed by atoms with Crippen LogP contribution in [0.3, 0.4) is 0 Å². The van der Waals surface area contributed by atoms with E-state index < -0.39 is 6.10 Å². The Balaban J connectivity index is 1.51. The summed E-state index contributed by atoms with van der Waals surface area (Å²) in [6.45, 7) is 4.32. The van der Waals surface area contributed by atoms with Crippen LogP contribution in [0.15, 0.2) is 42.5 Å². The van der Waals surface area contributed by atoms with E-state index in [1.165, 1.54) is 0 Å². The number of rotatable bonds is 8. The third-order valence-electron chi connectivity index (χ3n) is 4.42. The van der Waals surface area contributed by atoms with Crippen LogP contribution in [0.2, 0.25) is 0 Å². The molecular weight excluding hydrogens is 372 g/mol. The molecule has 0 bridgehead atoms. The molecule has 1 atom stereocenters. The van der Waals surface area contributed by atoms with Crippen molar-refractivity contribution in [3.05, 3.63) is 48.0 Å². The van der Waals surface area contributed by atoms with Crippen molar-refractivity contribution < 1.29 is 23.9 Å². The van der Waals surface area contributed by atoms with Gasteiger partial charge in [0.1, 0.15) is 11.5 Å². The summed E-state index contributed by atoms with van der Waals surface area (Å²) in [5.41, 5.74) is 1.58. The summed E-state index contributed by atoms with van der Waals surface area (Å²) in [6.07, 6.45) is 0.521. The summed E-state index contributed by atoms with van der Waals surface area (Å²) in [6, 6.07) is 11.9. The zero-order valence-corrected chi connectivity index (χ0v) is 16.5. The largest absolute Gasteiger partial charge is 0.494 e. The zero-order chi connectivity index (χ0) is 20.8. The molecule has 3 rings (SSSR count). The molecule has 0 unspecified atom stereocenters. The van der Waals surface area contributed by atoms with Crippen molar-refractivity contribution in [2.45, 2.75) is 39.2 Å². The number of anilines is 2. The van der Waals surface area contributed by atoms with E-state index in [2.05, 4.69) is 10.6 Å². The number of amides is 2. The molecule has 1 heterocycles. The monoisotopic (exact) mass is 396 g/mol. The number of Topliss-reactive ketones (excluding diaryl/α,β-unsaturated/α-hetero) is 1. The highest BCUT2D eigenvalue weighted by atomic mass is 16.5. The normalized spacial score (nSPS) is 15.0. The van der Waals surface area contributed by atoms with E-state index in [0.29, 0.717) is 29.3 Å². The third kappa shape index (κ3) is 5.34. The second-order valence-corrected chi connectivity index (χ2v) is 6.80. The van der Waals surface area contributed by atoms with Crippen LogP contribution in [-0.2, 0) is 9.59 Å². The molecule has 1 aliphatic heterocycles. The van der Waals surface area contributed by atoms with Crippen LogP contribution in [0, 0.1) is 0 Å². The fourth-order valence-electron chi connectivity index (χ4n) is 2.84. The molecule has 2 aromatic rings. The molecule has 2 N–H and O–H groups in total. The molecule has 0 radical (unpaired) electrons. The van der Waals surface area contributed by atoms with Gasteiger partial charge in [-0.15, -0.1) is 0 Å². The highest BCUT2D eigenvalue weighted by molar-refractivity contribution is 6.01. The van der Waals surface area contributed by atoms with Gasteiger partial charge in [0.25, 0.3) is 5.91 Å². The fourth-order valence-corrected chi connectivity index (χ4v) is 2.84. The first-order chi connectivity index (χ1) is 14.0. The van der Waals surface area contributed by atoms with Gasteiger partial charge in [0.2, 0.25) is 5.91 Å². The number of hydrogen-bond donors (Lipinski definition) is 2. The SMILES string of the molecule is CCCOc1ccc(C(=O)CCC(=O)Nc2ccc3c(c2)NC(=O)[C@@H](C)O3)cc1. The first-order valence-electron chi connectivity index (χ1n) is 9.63. The quantitative estimate of drug-likeness (QED) is 0.662. The van der Waals surface area contributed by atoms with E-state index in [0.717, 1.165) is 12.2 Å². The molecule has 2 amide bonds. The number of carbonyl (C=O) groups excluding carboxylic acids is 3. The summed E-state index contributed by atoms with van der Waals surface area (Å²) < 4.78 is 11.0. The van der Waals surface area contributed by atoms with Crippen LogP contribution in [-0.4, -0.2) is 30.3 Å². The Hall–Kier alpha value is -3.35. The molecule has 0 fully saturated rings. The van der Waals surface area contributed by atoms with Crippen molar-refractivity contribution >= 4 is 29.0 Å². The highest BCUT2D eigenvalue weighted by Crippen LogP contribution is 2.32. The van der Waals surface area contributed by atoms with Crippen LogP contribution in [0.4, 0.5) is 11.4 Å². The van der Waals surface area contributed by atoms with Crippen molar-refractivity contribution in [1.82, 2.24) is 0 Å². The highest BCUT2D eigenvalue weighted by Gasteiger charge is 2.23. The Morgan fingerprint density at radius 2 is 1.90 bits per heavy atom. The minimum atomic E-state index is -0.554. The van der Waals surface area contributed by atoms with Crippen LogP contribution < -0.4 is 20.1 Å². The van der Waals surface area contributed by atoms with E-state index in [1.54, 1.807) is 49.4 Å². The van der Waals surface area contributed by atoms with Gasteiger partial charge < -0.3 is 20.1 Å². The summed E-state index contributed by atoms with van der Waals surface area (Å²) in [4.78, 5) is 36.2. The Morgan fingerprint density at radius 3 is 2.62 bits per heavy atom. The number of ether oxygens (including phenoxy) is 2. The van der Waals surface area contributed by atoms with Crippen molar-refractivity contribution in [1.29, 1.82) is 0 Å². The maximum absolute atomic E-state index is 12.3. The van der Waals surface area contributed by atoms with Crippen LogP contribution in [0.1, 0.15) is 43.5 Å². The standard InChI is InChI=1S/C22H24N2O5/c1-3-12-28-17-7-4-15(5-8-17)19(25)9-11-21(26)23-16-6-10-20-18(13-16)24-22(27)14(2)29-20/h4-8,10,13-14H,3,9,11-12H2,1-2H3,(H,23,26)(H,24,27)/t14-/m1/s1. The summed E-state index contributed by atoms with van der Waals surface area (Å²) in [7, 11) is 0. The zero-order valence-electron chi connectivity index (χ0n) is 16.5. The molecule has 29 heavy (non-hydrogen) atoms. The Kier molecular flexibility index (Phi) is 6.49. The first-order valence-corrected chi connectivity index (χ1v) is 9.63. The molecule has 7 nitrogen and oxygen atoms in total. The number of nitrogens with one attached hydrogen (secondary N) is 2. The van der Waals surface area contributed by atoms with Gasteiger partial charge in [0.15, 0.2) is 11.9 Å². The molecule has 0 saturated heterocycles. The number of benzene rings is 2. The lowest BCUT2D eigenvalue weighted by Crippen LogP contribution is -2.34. The topological polar surface area (TPSA) is 93.7 Å². The van der Waals surface area contributed by atoms with Gasteiger partial charge in [-0.2, -0.15) is 0 Å².